The number of nitrogen functional groups attached to an aromatic ring is 2. The van der Waals surface area contributed by atoms with Gasteiger partial charge < -0.3 is 22.1 Å². The molecule has 3 aromatic rings. The number of pyridine rings is 2. The van der Waals surface area contributed by atoms with E-state index >= 15 is 0 Å². The Hall–Kier alpha value is -3.24. The number of rotatable bonds is 7. The molecule has 0 bridgehead atoms. The highest BCUT2D eigenvalue weighted by atomic mass is 32.1. The van der Waals surface area contributed by atoms with Crippen LogP contribution in [-0.4, -0.2) is 50.9 Å². The van der Waals surface area contributed by atoms with Gasteiger partial charge in [-0.25, -0.2) is 9.97 Å². The molecule has 9 nitrogen and oxygen atoms in total. The number of hydrogen-bond donors (Lipinski definition) is 4. The van der Waals surface area contributed by atoms with E-state index in [1.54, 1.807) is 17.5 Å². The summed E-state index contributed by atoms with van der Waals surface area (Å²) in [4.78, 5) is 29.8. The van der Waals surface area contributed by atoms with E-state index in [9.17, 15) is 4.79 Å². The molecule has 35 heavy (non-hydrogen) atoms. The number of carbonyl (C=O) groups is 1. The van der Waals surface area contributed by atoms with E-state index in [2.05, 4.69) is 30.5 Å². The molecule has 1 fully saturated rings. The largest absolute Gasteiger partial charge is 0.397 e. The second-order valence-electron chi connectivity index (χ2n) is 10.0. The van der Waals surface area contributed by atoms with E-state index in [4.69, 9.17) is 11.5 Å². The number of hydrogen-bond acceptors (Lipinski definition) is 9. The predicted molar refractivity (Wildman–Crippen MR) is 142 cm³/mol. The fraction of sp³-hybridized carbons (Fsp3) is 0.440. The molecule has 6 N–H and O–H groups in total. The third-order valence-electron chi connectivity index (χ3n) is 5.89. The summed E-state index contributed by atoms with van der Waals surface area (Å²) in [6, 6.07) is 7.41. The number of nitrogens with one attached hydrogen (secondary N) is 2. The Morgan fingerprint density at radius 2 is 1.97 bits per heavy atom. The average Bonchev–Trinajstić information content (AvgIpc) is 3.29. The van der Waals surface area contributed by atoms with Gasteiger partial charge in [-0.1, -0.05) is 6.07 Å². The Morgan fingerprint density at radius 3 is 2.66 bits per heavy atom. The van der Waals surface area contributed by atoms with Gasteiger partial charge in [0.25, 0.3) is 5.91 Å². The van der Waals surface area contributed by atoms with E-state index in [0.29, 0.717) is 29.7 Å². The second kappa shape index (κ2) is 10.6. The smallest absolute Gasteiger partial charge is 0.270 e. The lowest BCUT2D eigenvalue weighted by atomic mass is 9.96. The molecule has 0 unspecified atom stereocenters. The van der Waals surface area contributed by atoms with Gasteiger partial charge in [0, 0.05) is 35.9 Å². The van der Waals surface area contributed by atoms with Crippen molar-refractivity contribution in [1.29, 1.82) is 0 Å². The van der Waals surface area contributed by atoms with Gasteiger partial charge >= 0.3 is 0 Å². The quantitative estimate of drug-likeness (QED) is 0.391. The average molecular weight is 495 g/mol. The zero-order valence-corrected chi connectivity index (χ0v) is 21.4. The van der Waals surface area contributed by atoms with Crippen molar-refractivity contribution in [3.05, 3.63) is 47.2 Å². The maximum atomic E-state index is 12.8. The van der Waals surface area contributed by atoms with Crippen molar-refractivity contribution >= 4 is 34.4 Å². The van der Waals surface area contributed by atoms with Crippen LogP contribution in [0.4, 0.5) is 17.2 Å². The van der Waals surface area contributed by atoms with Crippen molar-refractivity contribution in [3.8, 4) is 10.7 Å². The van der Waals surface area contributed by atoms with E-state index in [1.165, 1.54) is 10.9 Å². The number of likely N-dealkylation sites (tertiary alicyclic amines) is 1. The molecule has 1 amide bonds. The zero-order chi connectivity index (χ0) is 25.0. The first kappa shape index (κ1) is 24.9. The maximum absolute atomic E-state index is 12.8. The molecular formula is C25H34N8OS. The molecule has 4 rings (SSSR count). The summed E-state index contributed by atoms with van der Waals surface area (Å²) >= 11 is 1.70. The van der Waals surface area contributed by atoms with Crippen LogP contribution in [0.2, 0.25) is 0 Å². The van der Waals surface area contributed by atoms with Crippen LogP contribution in [0.5, 0.6) is 0 Å². The van der Waals surface area contributed by atoms with Gasteiger partial charge in [0.05, 0.1) is 17.1 Å². The van der Waals surface area contributed by atoms with Crippen molar-refractivity contribution in [2.45, 2.75) is 45.7 Å². The number of piperidine rings is 1. The van der Waals surface area contributed by atoms with Gasteiger partial charge in [0.15, 0.2) is 5.82 Å². The Labute approximate surface area is 210 Å². The number of thiazole rings is 1. The maximum Gasteiger partial charge on any atom is 0.270 e. The first-order chi connectivity index (χ1) is 16.7. The van der Waals surface area contributed by atoms with Crippen LogP contribution in [-0.2, 0) is 6.54 Å². The van der Waals surface area contributed by atoms with Gasteiger partial charge in [-0.3, -0.25) is 14.7 Å². The molecule has 1 saturated heterocycles. The van der Waals surface area contributed by atoms with Crippen molar-refractivity contribution in [1.82, 2.24) is 25.2 Å². The monoisotopic (exact) mass is 494 g/mol. The molecule has 10 heteroatoms. The Balaban J connectivity index is 1.26. The minimum absolute atomic E-state index is 0.234. The first-order valence-electron chi connectivity index (χ1n) is 11.9. The minimum atomic E-state index is -0.254. The number of nitrogens with two attached hydrogens (primary N) is 2. The van der Waals surface area contributed by atoms with Crippen LogP contribution < -0.4 is 22.1 Å². The lowest BCUT2D eigenvalue weighted by molar-refractivity contribution is 0.0930. The zero-order valence-electron chi connectivity index (χ0n) is 20.5. The molecule has 3 aromatic heterocycles. The topological polar surface area (TPSA) is 135 Å². The molecule has 1 aliphatic heterocycles. The number of amides is 1. The Morgan fingerprint density at radius 1 is 1.20 bits per heavy atom. The van der Waals surface area contributed by atoms with Crippen molar-refractivity contribution in [3.63, 3.8) is 0 Å². The molecular weight excluding hydrogens is 460 g/mol. The number of aromatic nitrogens is 3. The lowest BCUT2D eigenvalue weighted by Gasteiger charge is -2.31. The van der Waals surface area contributed by atoms with Crippen molar-refractivity contribution in [2.24, 2.45) is 5.92 Å². The summed E-state index contributed by atoms with van der Waals surface area (Å²) in [6.07, 6.45) is 5.80. The van der Waals surface area contributed by atoms with Crippen LogP contribution in [0.3, 0.4) is 0 Å². The van der Waals surface area contributed by atoms with Crippen LogP contribution >= 0.6 is 11.3 Å². The third-order valence-corrected chi connectivity index (χ3v) is 6.90. The fourth-order valence-corrected chi connectivity index (χ4v) is 4.96. The molecule has 0 aliphatic carbocycles. The number of anilines is 3. The summed E-state index contributed by atoms with van der Waals surface area (Å²) in [5.41, 5.74) is 13.7. The highest BCUT2D eigenvalue weighted by Crippen LogP contribution is 2.28. The summed E-state index contributed by atoms with van der Waals surface area (Å²) in [6.45, 7) is 9.48. The normalized spacial score (nSPS) is 15.2. The molecule has 4 heterocycles. The number of carbonyl (C=O) groups excluding carboxylic acids is 1. The summed E-state index contributed by atoms with van der Waals surface area (Å²) in [5.74, 6) is 0.632. The molecule has 1 aliphatic rings. The van der Waals surface area contributed by atoms with Gasteiger partial charge in [-0.2, -0.15) is 0 Å². The summed E-state index contributed by atoms with van der Waals surface area (Å²) < 4.78 is 0. The number of nitrogens with zero attached hydrogens (tertiary/aromatic N) is 4. The van der Waals surface area contributed by atoms with E-state index < -0.39 is 0 Å². The first-order valence-corrected chi connectivity index (χ1v) is 12.7. The van der Waals surface area contributed by atoms with E-state index in [-0.39, 0.29) is 17.1 Å². The van der Waals surface area contributed by atoms with Crippen LogP contribution in [0.15, 0.2) is 36.7 Å². The van der Waals surface area contributed by atoms with Gasteiger partial charge in [0.2, 0.25) is 0 Å². The minimum Gasteiger partial charge on any atom is -0.397 e. The second-order valence-corrected chi connectivity index (χ2v) is 11.1. The Bertz CT molecular complexity index is 1150. The Kier molecular flexibility index (Phi) is 7.51. The van der Waals surface area contributed by atoms with E-state index in [0.717, 1.165) is 43.2 Å². The van der Waals surface area contributed by atoms with E-state index in [1.807, 2.05) is 45.2 Å². The third kappa shape index (κ3) is 6.67. The predicted octanol–water partition coefficient (Wildman–Crippen LogP) is 3.62. The summed E-state index contributed by atoms with van der Waals surface area (Å²) in [7, 11) is 0. The van der Waals surface area contributed by atoms with Crippen LogP contribution in [0.1, 0.15) is 49.0 Å². The SMILES string of the molecule is CC(C)(C)Nc1nc(C(=O)NCC2CCN(Cc3cnc(-c4ccccn4)s3)CC2)cc(N)c1N. The van der Waals surface area contributed by atoms with Crippen LogP contribution in [0, 0.1) is 5.92 Å². The summed E-state index contributed by atoms with van der Waals surface area (Å²) in [5, 5.41) is 7.20. The highest BCUT2D eigenvalue weighted by Gasteiger charge is 2.22. The molecule has 0 radical (unpaired) electrons. The molecule has 0 spiro atoms. The van der Waals surface area contributed by atoms with Crippen LogP contribution in [0.25, 0.3) is 10.7 Å². The molecule has 186 valence electrons. The highest BCUT2D eigenvalue weighted by molar-refractivity contribution is 7.14. The molecule has 0 aromatic carbocycles. The standard InChI is InChI=1S/C25H34N8OS/c1-25(2,3)32-22-21(27)18(26)12-20(31-22)23(34)29-13-16-7-10-33(11-8-16)15-17-14-30-24(35-17)19-6-4-5-9-28-19/h4-6,9,12,14,16H,7-8,10-11,13,15,27H2,1-3H3,(H,29,34)(H3,26,31,32). The van der Waals surface area contributed by atoms with Crippen molar-refractivity contribution in [2.75, 3.05) is 36.4 Å². The van der Waals surface area contributed by atoms with Gasteiger partial charge in [-0.05, 0) is 70.8 Å². The van der Waals surface area contributed by atoms with Gasteiger partial charge in [0.1, 0.15) is 10.7 Å². The fourth-order valence-electron chi connectivity index (χ4n) is 4.03. The lowest BCUT2D eigenvalue weighted by Crippen LogP contribution is -2.38. The van der Waals surface area contributed by atoms with Gasteiger partial charge in [-0.15, -0.1) is 11.3 Å². The molecule has 0 atom stereocenters. The van der Waals surface area contributed by atoms with Crippen molar-refractivity contribution < 1.29 is 4.79 Å². The molecule has 0 saturated carbocycles.